The molecule has 0 radical (unpaired) electrons. The Balaban J connectivity index is 3.59. The van der Waals surface area contributed by atoms with Crippen molar-refractivity contribution in [3.63, 3.8) is 0 Å². The summed E-state index contributed by atoms with van der Waals surface area (Å²) in [5.41, 5.74) is 6.51. The third-order valence-corrected chi connectivity index (χ3v) is 0.974. The average molecular weight is 184 g/mol. The fourth-order valence-electron chi connectivity index (χ4n) is 0.420. The predicted molar refractivity (Wildman–Crippen MR) is 41.5 cm³/mol. The zero-order chi connectivity index (χ0) is 10.3. The maximum Gasteiger partial charge on any atom is 0.408 e. The van der Waals surface area contributed by atoms with Crippen LogP contribution in [0.15, 0.2) is 0 Å². The Labute approximate surface area is 74.4 Å². The van der Waals surface area contributed by atoms with Gasteiger partial charge in [0.25, 0.3) is 5.91 Å². The van der Waals surface area contributed by atoms with Crippen molar-refractivity contribution in [2.45, 2.75) is 12.8 Å². The van der Waals surface area contributed by atoms with Gasteiger partial charge in [-0.05, 0) is 0 Å². The van der Waals surface area contributed by atoms with E-state index in [2.05, 4.69) is 11.3 Å². The number of hydrogen-bond donors (Lipinski definition) is 2. The number of carbonyl (C=O) groups is 3. The van der Waals surface area contributed by atoms with E-state index in [1.165, 1.54) is 0 Å². The Morgan fingerprint density at radius 3 is 2.46 bits per heavy atom. The van der Waals surface area contributed by atoms with Gasteiger partial charge in [-0.1, -0.05) is 0 Å². The molecule has 0 saturated heterocycles. The van der Waals surface area contributed by atoms with Crippen LogP contribution in [0.4, 0.5) is 0 Å². The van der Waals surface area contributed by atoms with Crippen LogP contribution in [0.1, 0.15) is 12.8 Å². The lowest BCUT2D eigenvalue weighted by Gasteiger charge is -2.00. The zero-order valence-corrected chi connectivity index (χ0v) is 6.70. The van der Waals surface area contributed by atoms with Crippen molar-refractivity contribution < 1.29 is 19.2 Å². The third-order valence-electron chi connectivity index (χ3n) is 0.974. The van der Waals surface area contributed by atoms with E-state index in [-0.39, 0.29) is 12.8 Å². The van der Waals surface area contributed by atoms with Gasteiger partial charge in [0.2, 0.25) is 5.91 Å². The fraction of sp³-hybridized carbons (Fsp3) is 0.286. The maximum atomic E-state index is 10.7. The van der Waals surface area contributed by atoms with Crippen LogP contribution < -0.4 is 11.2 Å². The molecule has 0 spiro atoms. The molecule has 0 atom stereocenters. The Hall–Kier alpha value is -2.03. The van der Waals surface area contributed by atoms with Crippen LogP contribution >= 0.6 is 0 Å². The quantitative estimate of drug-likeness (QED) is 0.410. The molecule has 0 aliphatic carbocycles. The van der Waals surface area contributed by atoms with Crippen molar-refractivity contribution in [2.24, 2.45) is 5.73 Å². The van der Waals surface area contributed by atoms with Crippen LogP contribution in [-0.4, -0.2) is 17.8 Å². The van der Waals surface area contributed by atoms with E-state index in [9.17, 15) is 14.4 Å². The average Bonchev–Trinajstić information content (AvgIpc) is 2.10. The summed E-state index contributed by atoms with van der Waals surface area (Å²) in [4.78, 5) is 35.3. The van der Waals surface area contributed by atoms with Crippen molar-refractivity contribution in [3.05, 3.63) is 0 Å². The minimum atomic E-state index is -1.01. The maximum absolute atomic E-state index is 10.7. The van der Waals surface area contributed by atoms with Gasteiger partial charge in [0, 0.05) is 18.8 Å². The summed E-state index contributed by atoms with van der Waals surface area (Å²) in [6.45, 7) is 0. The summed E-state index contributed by atoms with van der Waals surface area (Å²) in [6.07, 6.45) is 4.37. The van der Waals surface area contributed by atoms with Gasteiger partial charge in [0.1, 0.15) is 0 Å². The van der Waals surface area contributed by atoms with Gasteiger partial charge in [0.15, 0.2) is 0 Å². The van der Waals surface area contributed by atoms with E-state index >= 15 is 0 Å². The van der Waals surface area contributed by atoms with E-state index in [0.717, 1.165) is 0 Å². The second-order valence-electron chi connectivity index (χ2n) is 2.03. The van der Waals surface area contributed by atoms with Crippen molar-refractivity contribution in [2.75, 3.05) is 0 Å². The molecule has 2 amide bonds. The molecule has 0 aromatic rings. The summed E-state index contributed by atoms with van der Waals surface area (Å²) < 4.78 is 0. The number of nitrogens with two attached hydrogens (primary N) is 1. The number of rotatable bonds is 3. The monoisotopic (exact) mass is 184 g/mol. The Kier molecular flexibility index (Phi) is 4.72. The Morgan fingerprint density at radius 1 is 1.38 bits per heavy atom. The van der Waals surface area contributed by atoms with Crippen LogP contribution in [-0.2, 0) is 19.2 Å². The van der Waals surface area contributed by atoms with Gasteiger partial charge in [-0.25, -0.2) is 4.79 Å². The van der Waals surface area contributed by atoms with Crippen LogP contribution in [0, 0.1) is 12.3 Å². The second-order valence-corrected chi connectivity index (χ2v) is 2.03. The molecule has 0 fully saturated rings. The second kappa shape index (κ2) is 5.60. The molecule has 0 rings (SSSR count). The van der Waals surface area contributed by atoms with Crippen LogP contribution in [0.2, 0.25) is 0 Å². The number of carbonyl (C=O) groups excluding carboxylic acids is 3. The topological polar surface area (TPSA) is 98.5 Å². The van der Waals surface area contributed by atoms with E-state index in [0.29, 0.717) is 0 Å². The van der Waals surface area contributed by atoms with Crippen molar-refractivity contribution in [1.82, 2.24) is 5.48 Å². The molecule has 0 unspecified atom stereocenters. The minimum Gasteiger partial charge on any atom is -0.370 e. The number of hydrogen-bond acceptors (Lipinski definition) is 4. The van der Waals surface area contributed by atoms with Crippen molar-refractivity contribution in [1.29, 1.82) is 0 Å². The lowest BCUT2D eigenvalue weighted by molar-refractivity contribution is -0.152. The van der Waals surface area contributed by atoms with Crippen LogP contribution in [0.5, 0.6) is 0 Å². The molecular weight excluding hydrogens is 176 g/mol. The fourth-order valence-corrected chi connectivity index (χ4v) is 0.420. The molecule has 3 N–H and O–H groups in total. The van der Waals surface area contributed by atoms with Crippen LogP contribution in [0.25, 0.3) is 0 Å². The molecule has 0 heterocycles. The van der Waals surface area contributed by atoms with Crippen molar-refractivity contribution >= 4 is 17.8 Å². The smallest absolute Gasteiger partial charge is 0.370 e. The summed E-state index contributed by atoms with van der Waals surface area (Å²) >= 11 is 0. The van der Waals surface area contributed by atoms with E-state index in [4.69, 9.17) is 5.73 Å². The molecule has 0 saturated carbocycles. The Morgan fingerprint density at radius 2 is 2.00 bits per heavy atom. The normalized spacial score (nSPS) is 8.23. The molecule has 13 heavy (non-hydrogen) atoms. The lowest BCUT2D eigenvalue weighted by atomic mass is 10.3. The highest BCUT2D eigenvalue weighted by Crippen LogP contribution is 1.86. The first kappa shape index (κ1) is 11.0. The summed E-state index contributed by atoms with van der Waals surface area (Å²) in [6, 6.07) is 0. The highest BCUT2D eigenvalue weighted by molar-refractivity contribution is 5.89. The molecule has 0 aliphatic heterocycles. The molecular formula is C7H8N2O4. The predicted octanol–water partition coefficient (Wildman–Crippen LogP) is -1.54. The number of terminal acetylenes is 1. The SMILES string of the molecule is C#CC(=O)ONC(=O)CCC(N)=O. The Bertz CT molecular complexity index is 266. The van der Waals surface area contributed by atoms with Gasteiger partial charge >= 0.3 is 5.97 Å². The third kappa shape index (κ3) is 6.37. The number of nitrogens with one attached hydrogen (secondary N) is 1. The first-order chi connectivity index (χ1) is 6.06. The number of amides is 2. The summed E-state index contributed by atoms with van der Waals surface area (Å²) in [5.74, 6) is -0.639. The number of primary amides is 1. The molecule has 0 aromatic heterocycles. The van der Waals surface area contributed by atoms with Gasteiger partial charge in [0.05, 0.1) is 0 Å². The standard InChI is InChI=1S/C7H8N2O4/c1-2-7(12)13-9-6(11)4-3-5(8)10/h1H,3-4H2,(H2,8,10)(H,9,11). The molecule has 0 bridgehead atoms. The molecule has 6 nitrogen and oxygen atoms in total. The van der Waals surface area contributed by atoms with Gasteiger partial charge in [-0.2, -0.15) is 5.48 Å². The molecule has 6 heteroatoms. The molecule has 0 aromatic carbocycles. The van der Waals surface area contributed by atoms with E-state index in [1.807, 2.05) is 0 Å². The van der Waals surface area contributed by atoms with E-state index in [1.54, 1.807) is 11.4 Å². The van der Waals surface area contributed by atoms with E-state index < -0.39 is 17.8 Å². The summed E-state index contributed by atoms with van der Waals surface area (Å²) in [7, 11) is 0. The minimum absolute atomic E-state index is 0.112. The largest absolute Gasteiger partial charge is 0.408 e. The highest BCUT2D eigenvalue weighted by atomic mass is 16.7. The van der Waals surface area contributed by atoms with Crippen LogP contribution in [0.3, 0.4) is 0 Å². The zero-order valence-electron chi connectivity index (χ0n) is 6.70. The van der Waals surface area contributed by atoms with Crippen molar-refractivity contribution in [3.8, 4) is 12.3 Å². The lowest BCUT2D eigenvalue weighted by Crippen LogP contribution is -2.27. The highest BCUT2D eigenvalue weighted by Gasteiger charge is 2.05. The first-order valence-electron chi connectivity index (χ1n) is 3.31. The van der Waals surface area contributed by atoms with Gasteiger partial charge < -0.3 is 10.6 Å². The first-order valence-corrected chi connectivity index (χ1v) is 3.31. The number of hydroxylamine groups is 1. The van der Waals surface area contributed by atoms with Gasteiger partial charge in [-0.15, -0.1) is 6.42 Å². The molecule has 70 valence electrons. The summed E-state index contributed by atoms with van der Waals surface area (Å²) in [5, 5.41) is 0. The van der Waals surface area contributed by atoms with Gasteiger partial charge in [-0.3, -0.25) is 9.59 Å². The molecule has 0 aliphatic rings.